The number of aromatic nitrogens is 1. The molecule has 0 radical (unpaired) electrons. The van der Waals surface area contributed by atoms with E-state index >= 15 is 0 Å². The molecule has 0 aliphatic carbocycles. The van der Waals surface area contributed by atoms with Crippen LogP contribution in [-0.4, -0.2) is 5.16 Å². The van der Waals surface area contributed by atoms with E-state index in [1.165, 1.54) is 0 Å². The second-order valence-corrected chi connectivity index (χ2v) is 4.41. The summed E-state index contributed by atoms with van der Waals surface area (Å²) in [5.74, 6) is 1.30. The summed E-state index contributed by atoms with van der Waals surface area (Å²) in [6, 6.07) is 7.54. The largest absolute Gasteiger partial charge is 0.380 e. The van der Waals surface area contributed by atoms with Gasteiger partial charge in [-0.15, -0.1) is 0 Å². The number of halogens is 1. The van der Waals surface area contributed by atoms with Crippen LogP contribution in [0.4, 0.5) is 5.82 Å². The van der Waals surface area contributed by atoms with Crippen LogP contribution in [0.1, 0.15) is 25.5 Å². The van der Waals surface area contributed by atoms with Crippen LogP contribution in [0.15, 0.2) is 28.8 Å². The monoisotopic (exact) mass is 250 g/mol. The Hall–Kier alpha value is -1.48. The minimum Gasteiger partial charge on any atom is -0.380 e. The zero-order valence-electron chi connectivity index (χ0n) is 9.74. The van der Waals surface area contributed by atoms with Crippen molar-refractivity contribution in [1.29, 1.82) is 0 Å². The zero-order chi connectivity index (χ0) is 12.3. The average molecular weight is 251 g/mol. The number of nitrogens with two attached hydrogens (primary N) is 1. The molecule has 0 spiro atoms. The van der Waals surface area contributed by atoms with Gasteiger partial charge in [0.05, 0.1) is 5.56 Å². The van der Waals surface area contributed by atoms with E-state index in [4.69, 9.17) is 21.9 Å². The van der Waals surface area contributed by atoms with Gasteiger partial charge in [0.25, 0.3) is 0 Å². The standard InChI is InChI=1S/C13H15ClN2O/c1-2-3-4-11-12(13(15)16-17-11)9-5-7-10(14)8-6-9/h5-8H,2-4H2,1H3,(H2,15,16). The van der Waals surface area contributed by atoms with Gasteiger partial charge in [-0.2, -0.15) is 0 Å². The predicted octanol–water partition coefficient (Wildman–Crippen LogP) is 3.92. The molecule has 1 aromatic carbocycles. The maximum Gasteiger partial charge on any atom is 0.175 e. The number of anilines is 1. The van der Waals surface area contributed by atoms with Crippen molar-refractivity contribution in [3.05, 3.63) is 35.0 Å². The first-order chi connectivity index (χ1) is 8.22. The van der Waals surface area contributed by atoms with Crippen molar-refractivity contribution in [2.75, 3.05) is 5.73 Å². The van der Waals surface area contributed by atoms with Crippen LogP contribution in [0.3, 0.4) is 0 Å². The third kappa shape index (κ3) is 2.61. The molecular formula is C13H15ClN2O. The lowest BCUT2D eigenvalue weighted by atomic mass is 10.0. The number of hydrogen-bond acceptors (Lipinski definition) is 3. The number of nitrogens with zero attached hydrogens (tertiary/aromatic N) is 1. The summed E-state index contributed by atoms with van der Waals surface area (Å²) in [4.78, 5) is 0. The molecule has 90 valence electrons. The summed E-state index contributed by atoms with van der Waals surface area (Å²) < 4.78 is 5.27. The quantitative estimate of drug-likeness (QED) is 0.895. The molecule has 0 saturated carbocycles. The van der Waals surface area contributed by atoms with Crippen molar-refractivity contribution in [2.24, 2.45) is 0 Å². The molecule has 2 N–H and O–H groups in total. The summed E-state index contributed by atoms with van der Waals surface area (Å²) in [6.07, 6.45) is 3.04. The minimum atomic E-state index is 0.443. The van der Waals surface area contributed by atoms with Gasteiger partial charge in [0, 0.05) is 11.4 Å². The van der Waals surface area contributed by atoms with Crippen LogP contribution in [0.2, 0.25) is 5.02 Å². The molecule has 0 atom stereocenters. The van der Waals surface area contributed by atoms with Crippen molar-refractivity contribution in [1.82, 2.24) is 5.16 Å². The molecule has 0 unspecified atom stereocenters. The van der Waals surface area contributed by atoms with E-state index < -0.39 is 0 Å². The van der Waals surface area contributed by atoms with Gasteiger partial charge >= 0.3 is 0 Å². The lowest BCUT2D eigenvalue weighted by Crippen LogP contribution is -1.90. The molecule has 2 aromatic rings. The van der Waals surface area contributed by atoms with Crippen molar-refractivity contribution in [3.63, 3.8) is 0 Å². The molecule has 4 heteroatoms. The molecule has 1 aromatic heterocycles. The highest BCUT2D eigenvalue weighted by Gasteiger charge is 2.15. The second-order valence-electron chi connectivity index (χ2n) is 3.98. The van der Waals surface area contributed by atoms with E-state index in [2.05, 4.69) is 12.1 Å². The van der Waals surface area contributed by atoms with Crippen molar-refractivity contribution in [2.45, 2.75) is 26.2 Å². The Balaban J connectivity index is 2.36. The van der Waals surface area contributed by atoms with Crippen molar-refractivity contribution in [3.8, 4) is 11.1 Å². The topological polar surface area (TPSA) is 52.0 Å². The lowest BCUT2D eigenvalue weighted by molar-refractivity contribution is 0.383. The first-order valence-corrected chi connectivity index (χ1v) is 6.10. The highest BCUT2D eigenvalue weighted by atomic mass is 35.5. The van der Waals surface area contributed by atoms with Gasteiger partial charge in [0.1, 0.15) is 5.76 Å². The Kier molecular flexibility index (Phi) is 3.69. The number of nitrogen functional groups attached to an aromatic ring is 1. The fourth-order valence-corrected chi connectivity index (χ4v) is 1.90. The molecule has 17 heavy (non-hydrogen) atoms. The molecule has 0 bridgehead atoms. The lowest BCUT2D eigenvalue weighted by Gasteiger charge is -2.02. The van der Waals surface area contributed by atoms with E-state index in [1.54, 1.807) is 0 Å². The fourth-order valence-electron chi connectivity index (χ4n) is 1.77. The third-order valence-corrected chi connectivity index (χ3v) is 2.93. The summed E-state index contributed by atoms with van der Waals surface area (Å²) >= 11 is 5.87. The van der Waals surface area contributed by atoms with Crippen molar-refractivity contribution < 1.29 is 4.52 Å². The van der Waals surface area contributed by atoms with Gasteiger partial charge < -0.3 is 10.3 Å². The van der Waals surface area contributed by atoms with Gasteiger partial charge in [-0.1, -0.05) is 42.2 Å². The number of unbranched alkanes of at least 4 members (excludes halogenated alkanes) is 1. The van der Waals surface area contributed by atoms with Gasteiger partial charge in [-0.3, -0.25) is 0 Å². The first-order valence-electron chi connectivity index (χ1n) is 5.72. The van der Waals surface area contributed by atoms with Gasteiger partial charge in [-0.05, 0) is 24.1 Å². The molecule has 0 aliphatic heterocycles. The Bertz CT molecular complexity index is 491. The predicted molar refractivity (Wildman–Crippen MR) is 70.0 cm³/mol. The van der Waals surface area contributed by atoms with Crippen LogP contribution in [0.5, 0.6) is 0 Å². The van der Waals surface area contributed by atoms with Crippen LogP contribution in [0.25, 0.3) is 11.1 Å². The Labute approximate surface area is 106 Å². The minimum absolute atomic E-state index is 0.443. The molecule has 0 amide bonds. The van der Waals surface area contributed by atoms with E-state index in [0.717, 1.165) is 36.1 Å². The number of benzene rings is 1. The normalized spacial score (nSPS) is 10.7. The molecule has 0 aliphatic rings. The maximum atomic E-state index is 5.87. The van der Waals surface area contributed by atoms with E-state index in [-0.39, 0.29) is 0 Å². The molecule has 3 nitrogen and oxygen atoms in total. The summed E-state index contributed by atoms with van der Waals surface area (Å²) in [5, 5.41) is 4.55. The van der Waals surface area contributed by atoms with Gasteiger partial charge in [0.15, 0.2) is 5.82 Å². The SMILES string of the molecule is CCCCc1onc(N)c1-c1ccc(Cl)cc1. The van der Waals surface area contributed by atoms with E-state index in [0.29, 0.717) is 10.8 Å². The fraction of sp³-hybridized carbons (Fsp3) is 0.308. The highest BCUT2D eigenvalue weighted by Crippen LogP contribution is 2.31. The van der Waals surface area contributed by atoms with Gasteiger partial charge in [-0.25, -0.2) is 0 Å². The number of aryl methyl sites for hydroxylation is 1. The average Bonchev–Trinajstić information content (AvgIpc) is 2.69. The maximum absolute atomic E-state index is 5.87. The van der Waals surface area contributed by atoms with Crippen molar-refractivity contribution >= 4 is 17.4 Å². The van der Waals surface area contributed by atoms with Gasteiger partial charge in [0.2, 0.25) is 0 Å². The Morgan fingerprint density at radius 2 is 2.00 bits per heavy atom. The summed E-state index contributed by atoms with van der Waals surface area (Å²) in [5.41, 5.74) is 7.74. The molecule has 2 rings (SSSR count). The second kappa shape index (κ2) is 5.23. The highest BCUT2D eigenvalue weighted by molar-refractivity contribution is 6.30. The molecular weight excluding hydrogens is 236 g/mol. The Morgan fingerprint density at radius 1 is 1.29 bits per heavy atom. The zero-order valence-corrected chi connectivity index (χ0v) is 10.5. The Morgan fingerprint density at radius 3 is 2.65 bits per heavy atom. The van der Waals surface area contributed by atoms with E-state index in [1.807, 2.05) is 24.3 Å². The first kappa shape index (κ1) is 12.0. The van der Waals surface area contributed by atoms with Crippen LogP contribution in [-0.2, 0) is 6.42 Å². The number of hydrogen-bond donors (Lipinski definition) is 1. The molecule has 0 saturated heterocycles. The van der Waals surface area contributed by atoms with E-state index in [9.17, 15) is 0 Å². The molecule has 1 heterocycles. The van der Waals surface area contributed by atoms with Crippen LogP contribution in [0, 0.1) is 0 Å². The molecule has 0 fully saturated rings. The summed E-state index contributed by atoms with van der Waals surface area (Å²) in [6.45, 7) is 2.14. The van der Waals surface area contributed by atoms with Crippen LogP contribution < -0.4 is 5.73 Å². The number of rotatable bonds is 4. The van der Waals surface area contributed by atoms with Crippen LogP contribution >= 0.6 is 11.6 Å². The smallest absolute Gasteiger partial charge is 0.175 e. The third-order valence-electron chi connectivity index (χ3n) is 2.68. The summed E-state index contributed by atoms with van der Waals surface area (Å²) in [7, 11) is 0.